The van der Waals surface area contributed by atoms with Crippen molar-refractivity contribution in [2.24, 2.45) is 0 Å². The number of anilines is 1. The van der Waals surface area contributed by atoms with Crippen molar-refractivity contribution < 1.29 is 9.18 Å². The number of halogens is 1. The number of hydrogen-bond acceptors (Lipinski definition) is 3. The van der Waals surface area contributed by atoms with Crippen molar-refractivity contribution in [2.45, 2.75) is 13.5 Å². The van der Waals surface area contributed by atoms with E-state index in [0.29, 0.717) is 11.1 Å². The first-order valence-corrected chi connectivity index (χ1v) is 6.80. The van der Waals surface area contributed by atoms with Crippen molar-refractivity contribution in [1.29, 1.82) is 0 Å². The van der Waals surface area contributed by atoms with Crippen LogP contribution in [0, 0.1) is 5.82 Å². The van der Waals surface area contributed by atoms with Crippen molar-refractivity contribution in [3.63, 3.8) is 0 Å². The first-order valence-electron chi connectivity index (χ1n) is 6.80. The van der Waals surface area contributed by atoms with Crippen LogP contribution >= 0.6 is 0 Å². The largest absolute Gasteiger partial charge is 0.370 e. The van der Waals surface area contributed by atoms with Crippen LogP contribution in [0.1, 0.15) is 22.8 Å². The van der Waals surface area contributed by atoms with Crippen molar-refractivity contribution in [2.75, 3.05) is 18.9 Å². The maximum absolute atomic E-state index is 13.6. The van der Waals surface area contributed by atoms with Gasteiger partial charge in [0.05, 0.1) is 5.56 Å². The van der Waals surface area contributed by atoms with Crippen LogP contribution in [-0.2, 0) is 6.54 Å². The summed E-state index contributed by atoms with van der Waals surface area (Å²) < 4.78 is 13.6. The third-order valence-electron chi connectivity index (χ3n) is 3.08. The van der Waals surface area contributed by atoms with Gasteiger partial charge in [0.1, 0.15) is 11.6 Å². The van der Waals surface area contributed by atoms with Crippen LogP contribution in [0.4, 0.5) is 10.2 Å². The van der Waals surface area contributed by atoms with Gasteiger partial charge in [0.15, 0.2) is 0 Å². The van der Waals surface area contributed by atoms with Gasteiger partial charge in [-0.1, -0.05) is 18.2 Å². The summed E-state index contributed by atoms with van der Waals surface area (Å²) in [7, 11) is 1.65. The highest BCUT2D eigenvalue weighted by Crippen LogP contribution is 2.12. The molecule has 0 bridgehead atoms. The number of benzene rings is 1. The molecule has 2 aromatic rings. The first-order chi connectivity index (χ1) is 10.1. The second-order valence-corrected chi connectivity index (χ2v) is 4.72. The van der Waals surface area contributed by atoms with E-state index in [4.69, 9.17) is 0 Å². The monoisotopic (exact) mass is 287 g/mol. The minimum Gasteiger partial charge on any atom is -0.370 e. The van der Waals surface area contributed by atoms with Crippen LogP contribution in [0.5, 0.6) is 0 Å². The van der Waals surface area contributed by atoms with Crippen LogP contribution < -0.4 is 5.32 Å². The van der Waals surface area contributed by atoms with Gasteiger partial charge in [-0.05, 0) is 25.1 Å². The molecule has 1 amide bonds. The molecule has 0 atom stereocenters. The summed E-state index contributed by atoms with van der Waals surface area (Å²) in [6.07, 6.45) is 1.53. The number of amides is 1. The maximum Gasteiger partial charge on any atom is 0.255 e. The number of aromatic nitrogens is 1. The molecule has 0 spiro atoms. The summed E-state index contributed by atoms with van der Waals surface area (Å²) in [4.78, 5) is 17.9. The molecule has 21 heavy (non-hydrogen) atoms. The summed E-state index contributed by atoms with van der Waals surface area (Å²) in [6, 6.07) is 9.92. The summed E-state index contributed by atoms with van der Waals surface area (Å²) in [6.45, 7) is 2.97. The van der Waals surface area contributed by atoms with E-state index in [0.717, 1.165) is 12.4 Å². The molecule has 1 aromatic heterocycles. The Bertz CT molecular complexity index is 613. The Kier molecular flexibility index (Phi) is 4.87. The molecule has 0 aliphatic carbocycles. The Balaban J connectivity index is 2.07. The third-order valence-corrected chi connectivity index (χ3v) is 3.08. The molecular weight excluding hydrogens is 269 g/mol. The van der Waals surface area contributed by atoms with E-state index in [1.807, 2.05) is 6.92 Å². The van der Waals surface area contributed by atoms with Crippen molar-refractivity contribution >= 4 is 11.7 Å². The van der Waals surface area contributed by atoms with E-state index in [1.54, 1.807) is 37.4 Å². The average Bonchev–Trinajstić information content (AvgIpc) is 2.50. The SMILES string of the molecule is CCNc1ccc(C(=O)N(C)Cc2ccccc2F)cn1. The minimum atomic E-state index is -0.308. The van der Waals surface area contributed by atoms with Crippen LogP contribution in [-0.4, -0.2) is 29.4 Å². The number of carbonyl (C=O) groups excluding carboxylic acids is 1. The van der Waals surface area contributed by atoms with Gasteiger partial charge in [0.2, 0.25) is 0 Å². The van der Waals surface area contributed by atoms with Crippen molar-refractivity contribution in [3.05, 3.63) is 59.5 Å². The fourth-order valence-corrected chi connectivity index (χ4v) is 1.98. The molecule has 0 saturated heterocycles. The van der Waals surface area contributed by atoms with Crippen LogP contribution in [0.25, 0.3) is 0 Å². The van der Waals surface area contributed by atoms with Crippen molar-refractivity contribution in [1.82, 2.24) is 9.88 Å². The van der Waals surface area contributed by atoms with Crippen molar-refractivity contribution in [3.8, 4) is 0 Å². The number of pyridine rings is 1. The lowest BCUT2D eigenvalue weighted by Crippen LogP contribution is -2.26. The van der Waals surface area contributed by atoms with Gasteiger partial charge in [-0.15, -0.1) is 0 Å². The Morgan fingerprint density at radius 3 is 2.67 bits per heavy atom. The molecule has 0 aliphatic rings. The van der Waals surface area contributed by atoms with Gasteiger partial charge in [0, 0.05) is 31.9 Å². The maximum atomic E-state index is 13.6. The van der Waals surface area contributed by atoms with E-state index in [2.05, 4.69) is 10.3 Å². The highest BCUT2D eigenvalue weighted by molar-refractivity contribution is 5.93. The summed E-state index contributed by atoms with van der Waals surface area (Å²) in [5, 5.41) is 3.06. The zero-order valence-corrected chi connectivity index (χ0v) is 12.1. The Labute approximate surface area is 123 Å². The topological polar surface area (TPSA) is 45.2 Å². The molecule has 0 fully saturated rings. The smallest absolute Gasteiger partial charge is 0.255 e. The quantitative estimate of drug-likeness (QED) is 0.919. The normalized spacial score (nSPS) is 10.2. The Morgan fingerprint density at radius 2 is 2.05 bits per heavy atom. The lowest BCUT2D eigenvalue weighted by atomic mass is 10.2. The zero-order chi connectivity index (χ0) is 15.2. The van der Waals surface area contributed by atoms with Gasteiger partial charge >= 0.3 is 0 Å². The predicted molar refractivity (Wildman–Crippen MR) is 80.6 cm³/mol. The number of nitrogens with zero attached hydrogens (tertiary/aromatic N) is 2. The van der Waals surface area contributed by atoms with E-state index in [-0.39, 0.29) is 18.3 Å². The summed E-state index contributed by atoms with van der Waals surface area (Å²) >= 11 is 0. The molecule has 0 aliphatic heterocycles. The third kappa shape index (κ3) is 3.78. The van der Waals surface area contributed by atoms with E-state index in [9.17, 15) is 9.18 Å². The summed E-state index contributed by atoms with van der Waals surface area (Å²) in [5.41, 5.74) is 0.973. The lowest BCUT2D eigenvalue weighted by molar-refractivity contribution is 0.0783. The van der Waals surface area contributed by atoms with Crippen LogP contribution in [0.3, 0.4) is 0 Å². The number of nitrogens with one attached hydrogen (secondary N) is 1. The molecule has 1 aromatic carbocycles. The Morgan fingerprint density at radius 1 is 1.29 bits per heavy atom. The fraction of sp³-hybridized carbons (Fsp3) is 0.250. The van der Waals surface area contributed by atoms with E-state index < -0.39 is 0 Å². The fourth-order valence-electron chi connectivity index (χ4n) is 1.98. The van der Waals surface area contributed by atoms with E-state index >= 15 is 0 Å². The van der Waals surface area contributed by atoms with Crippen LogP contribution in [0.15, 0.2) is 42.6 Å². The van der Waals surface area contributed by atoms with Gasteiger partial charge in [0.25, 0.3) is 5.91 Å². The van der Waals surface area contributed by atoms with Gasteiger partial charge in [-0.25, -0.2) is 9.37 Å². The molecule has 5 heteroatoms. The molecule has 0 radical (unpaired) electrons. The van der Waals surface area contributed by atoms with Gasteiger partial charge in [-0.3, -0.25) is 4.79 Å². The second kappa shape index (κ2) is 6.83. The van der Waals surface area contributed by atoms with Gasteiger partial charge in [-0.2, -0.15) is 0 Å². The minimum absolute atomic E-state index is 0.186. The molecule has 4 nitrogen and oxygen atoms in total. The molecule has 0 saturated carbocycles. The lowest BCUT2D eigenvalue weighted by Gasteiger charge is -2.17. The molecule has 2 rings (SSSR count). The molecule has 1 N–H and O–H groups in total. The zero-order valence-electron chi connectivity index (χ0n) is 12.1. The molecule has 1 heterocycles. The van der Waals surface area contributed by atoms with Crippen LogP contribution in [0.2, 0.25) is 0 Å². The highest BCUT2D eigenvalue weighted by atomic mass is 19.1. The molecule has 0 unspecified atom stereocenters. The standard InChI is InChI=1S/C16H18FN3O/c1-3-18-15-9-8-12(10-19-15)16(21)20(2)11-13-6-4-5-7-14(13)17/h4-10H,3,11H2,1-2H3,(H,18,19). The van der Waals surface area contributed by atoms with Gasteiger partial charge < -0.3 is 10.2 Å². The molecule has 110 valence electrons. The average molecular weight is 287 g/mol. The molecular formula is C16H18FN3O. The summed E-state index contributed by atoms with van der Waals surface area (Å²) in [5.74, 6) is 0.234. The van der Waals surface area contributed by atoms with E-state index in [1.165, 1.54) is 17.2 Å². The second-order valence-electron chi connectivity index (χ2n) is 4.72. The number of rotatable bonds is 5. The number of carbonyl (C=O) groups is 1. The first kappa shape index (κ1) is 15.0. The number of hydrogen-bond donors (Lipinski definition) is 1. The highest BCUT2D eigenvalue weighted by Gasteiger charge is 2.14. The predicted octanol–water partition coefficient (Wildman–Crippen LogP) is 2.92. The Hall–Kier alpha value is -2.43.